The van der Waals surface area contributed by atoms with E-state index in [0.29, 0.717) is 0 Å². The van der Waals surface area contributed by atoms with Crippen LogP contribution >= 0.6 is 11.8 Å². The van der Waals surface area contributed by atoms with E-state index >= 15 is 0 Å². The molecule has 1 fully saturated rings. The highest BCUT2D eigenvalue weighted by atomic mass is 32.2. The van der Waals surface area contributed by atoms with Gasteiger partial charge in [0.25, 0.3) is 0 Å². The molecule has 2 unspecified atom stereocenters. The van der Waals surface area contributed by atoms with Crippen LogP contribution in [0.1, 0.15) is 46.0 Å². The van der Waals surface area contributed by atoms with Gasteiger partial charge in [-0.25, -0.2) is 0 Å². The minimum absolute atomic E-state index is 0.736. The predicted molar refractivity (Wildman–Crippen MR) is 73.3 cm³/mol. The van der Waals surface area contributed by atoms with Gasteiger partial charge in [-0.05, 0) is 25.0 Å². The molecule has 0 heterocycles. The maximum Gasteiger partial charge on any atom is 0.0591 e. The summed E-state index contributed by atoms with van der Waals surface area (Å²) in [7, 11) is 0. The van der Waals surface area contributed by atoms with Gasteiger partial charge in [-0.1, -0.05) is 26.7 Å². The Morgan fingerprint density at radius 1 is 1.25 bits per heavy atom. The Kier molecular flexibility index (Phi) is 8.34. The first-order valence-electron chi connectivity index (χ1n) is 6.81. The molecular weight excluding hydrogens is 218 g/mol. The second-order valence-corrected chi connectivity index (χ2v) is 5.97. The lowest BCUT2D eigenvalue weighted by Gasteiger charge is -2.20. The Hall–Kier alpha value is 0.270. The van der Waals surface area contributed by atoms with Gasteiger partial charge in [0.1, 0.15) is 0 Å². The molecule has 0 aromatic heterocycles. The van der Waals surface area contributed by atoms with Crippen molar-refractivity contribution < 1.29 is 4.74 Å². The third-order valence-electron chi connectivity index (χ3n) is 3.13. The summed E-state index contributed by atoms with van der Waals surface area (Å²) >= 11 is 2.12. The summed E-state index contributed by atoms with van der Waals surface area (Å²) in [6.07, 6.45) is 6.56. The third-order valence-corrected chi connectivity index (χ3v) is 4.45. The largest absolute Gasteiger partial charge is 0.380 e. The van der Waals surface area contributed by atoms with Gasteiger partial charge in [0.15, 0.2) is 0 Å². The van der Waals surface area contributed by atoms with Crippen LogP contribution in [0.4, 0.5) is 0 Å². The Morgan fingerprint density at radius 2 is 2.12 bits per heavy atom. The van der Waals surface area contributed by atoms with E-state index in [0.717, 1.165) is 31.1 Å². The smallest absolute Gasteiger partial charge is 0.0591 e. The maximum absolute atomic E-state index is 5.56. The monoisotopic (exact) mass is 245 g/mol. The molecule has 0 aromatic rings. The van der Waals surface area contributed by atoms with Crippen LogP contribution in [0.3, 0.4) is 0 Å². The molecule has 16 heavy (non-hydrogen) atoms. The van der Waals surface area contributed by atoms with Gasteiger partial charge in [0.05, 0.1) is 6.61 Å². The number of hydrogen-bond acceptors (Lipinski definition) is 3. The first-order valence-corrected chi connectivity index (χ1v) is 7.86. The topological polar surface area (TPSA) is 21.3 Å². The van der Waals surface area contributed by atoms with Gasteiger partial charge in [-0.15, -0.1) is 0 Å². The standard InChI is InChI=1S/C13H27NOS/c1-3-5-10-15-11-9-14-12-7-6-8-13(12)16-4-2/h12-14H,3-11H2,1-2H3. The number of unbranched alkanes of at least 4 members (excludes halogenated alkanes) is 1. The molecule has 2 atom stereocenters. The number of rotatable bonds is 9. The molecule has 3 heteroatoms. The fourth-order valence-electron chi connectivity index (χ4n) is 2.24. The van der Waals surface area contributed by atoms with Crippen molar-refractivity contribution in [3.8, 4) is 0 Å². The summed E-state index contributed by atoms with van der Waals surface area (Å²) in [5.74, 6) is 1.25. The summed E-state index contributed by atoms with van der Waals surface area (Å²) in [4.78, 5) is 0. The van der Waals surface area contributed by atoms with Crippen molar-refractivity contribution >= 4 is 11.8 Å². The van der Waals surface area contributed by atoms with Crippen LogP contribution < -0.4 is 5.32 Å². The summed E-state index contributed by atoms with van der Waals surface area (Å²) in [5.41, 5.74) is 0. The minimum atomic E-state index is 0.736. The molecule has 0 bridgehead atoms. The molecular formula is C13H27NOS. The fourth-order valence-corrected chi connectivity index (χ4v) is 3.46. The summed E-state index contributed by atoms with van der Waals surface area (Å²) in [5, 5.41) is 4.50. The summed E-state index contributed by atoms with van der Waals surface area (Å²) in [6, 6.07) is 0.736. The lowest BCUT2D eigenvalue weighted by molar-refractivity contribution is 0.131. The van der Waals surface area contributed by atoms with Gasteiger partial charge in [0, 0.05) is 24.4 Å². The molecule has 0 spiro atoms. The lowest BCUT2D eigenvalue weighted by atomic mass is 10.2. The zero-order valence-electron chi connectivity index (χ0n) is 10.8. The van der Waals surface area contributed by atoms with Crippen LogP contribution in [0, 0.1) is 0 Å². The van der Waals surface area contributed by atoms with Gasteiger partial charge in [-0.3, -0.25) is 0 Å². The predicted octanol–water partition coefficient (Wildman–Crippen LogP) is 3.07. The quantitative estimate of drug-likeness (QED) is 0.631. The lowest BCUT2D eigenvalue weighted by Crippen LogP contribution is -2.36. The molecule has 0 saturated heterocycles. The van der Waals surface area contributed by atoms with Crippen LogP contribution in [0.15, 0.2) is 0 Å². The number of nitrogens with one attached hydrogen (secondary N) is 1. The minimum Gasteiger partial charge on any atom is -0.380 e. The average molecular weight is 245 g/mol. The van der Waals surface area contributed by atoms with E-state index in [1.807, 2.05) is 0 Å². The summed E-state index contributed by atoms with van der Waals surface area (Å²) in [6.45, 7) is 7.28. The molecule has 1 rings (SSSR count). The number of hydrogen-bond donors (Lipinski definition) is 1. The molecule has 1 N–H and O–H groups in total. The van der Waals surface area contributed by atoms with E-state index in [1.165, 1.54) is 37.9 Å². The Bertz CT molecular complexity index is 166. The van der Waals surface area contributed by atoms with Crippen molar-refractivity contribution in [3.63, 3.8) is 0 Å². The zero-order valence-corrected chi connectivity index (χ0v) is 11.7. The van der Waals surface area contributed by atoms with E-state index < -0.39 is 0 Å². The molecule has 1 aliphatic rings. The van der Waals surface area contributed by atoms with Crippen LogP contribution in [0.5, 0.6) is 0 Å². The van der Waals surface area contributed by atoms with E-state index in [2.05, 4.69) is 30.9 Å². The van der Waals surface area contributed by atoms with Crippen molar-refractivity contribution in [3.05, 3.63) is 0 Å². The molecule has 0 amide bonds. The van der Waals surface area contributed by atoms with E-state index in [1.54, 1.807) is 0 Å². The Balaban J connectivity index is 1.99. The highest BCUT2D eigenvalue weighted by Gasteiger charge is 2.26. The van der Waals surface area contributed by atoms with Crippen molar-refractivity contribution in [1.82, 2.24) is 5.32 Å². The first-order chi connectivity index (χ1) is 7.88. The molecule has 96 valence electrons. The second kappa shape index (κ2) is 9.32. The molecule has 1 saturated carbocycles. The molecule has 2 nitrogen and oxygen atoms in total. The van der Waals surface area contributed by atoms with E-state index in [9.17, 15) is 0 Å². The van der Waals surface area contributed by atoms with Crippen LogP contribution in [-0.4, -0.2) is 36.8 Å². The van der Waals surface area contributed by atoms with E-state index in [-0.39, 0.29) is 0 Å². The van der Waals surface area contributed by atoms with Crippen LogP contribution in [0.25, 0.3) is 0 Å². The SMILES string of the molecule is CCCCOCCNC1CCCC1SCC. The molecule has 0 aliphatic heterocycles. The number of thioether (sulfide) groups is 1. The van der Waals surface area contributed by atoms with Crippen molar-refractivity contribution in [2.24, 2.45) is 0 Å². The number of ether oxygens (including phenoxy) is 1. The first kappa shape index (κ1) is 14.3. The van der Waals surface area contributed by atoms with Crippen LogP contribution in [0.2, 0.25) is 0 Å². The summed E-state index contributed by atoms with van der Waals surface area (Å²) < 4.78 is 5.56. The maximum atomic E-state index is 5.56. The normalized spacial score (nSPS) is 25.1. The average Bonchev–Trinajstić information content (AvgIpc) is 2.72. The third kappa shape index (κ3) is 5.55. The van der Waals surface area contributed by atoms with Crippen molar-refractivity contribution in [2.75, 3.05) is 25.5 Å². The molecule has 0 aromatic carbocycles. The van der Waals surface area contributed by atoms with E-state index in [4.69, 9.17) is 4.74 Å². The Morgan fingerprint density at radius 3 is 2.88 bits per heavy atom. The highest BCUT2D eigenvalue weighted by molar-refractivity contribution is 7.99. The second-order valence-electron chi connectivity index (χ2n) is 4.45. The Labute approximate surface area is 105 Å². The van der Waals surface area contributed by atoms with Gasteiger partial charge in [-0.2, -0.15) is 11.8 Å². The van der Waals surface area contributed by atoms with Crippen LogP contribution in [-0.2, 0) is 4.74 Å². The molecule has 0 radical (unpaired) electrons. The van der Waals surface area contributed by atoms with Crippen molar-refractivity contribution in [1.29, 1.82) is 0 Å². The molecule has 1 aliphatic carbocycles. The van der Waals surface area contributed by atoms with Gasteiger partial charge < -0.3 is 10.1 Å². The zero-order chi connectivity index (χ0) is 11.6. The van der Waals surface area contributed by atoms with Gasteiger partial charge in [0.2, 0.25) is 0 Å². The fraction of sp³-hybridized carbons (Fsp3) is 1.00. The highest BCUT2D eigenvalue weighted by Crippen LogP contribution is 2.29. The van der Waals surface area contributed by atoms with Crippen molar-refractivity contribution in [2.45, 2.75) is 57.2 Å². The van der Waals surface area contributed by atoms with Gasteiger partial charge >= 0.3 is 0 Å².